The van der Waals surface area contributed by atoms with Crippen molar-refractivity contribution in [3.8, 4) is 0 Å². The first-order valence-electron chi connectivity index (χ1n) is 4.18. The molecule has 0 aliphatic carbocycles. The molecule has 1 rings (SSSR count). The van der Waals surface area contributed by atoms with Crippen LogP contribution in [0, 0.1) is 5.82 Å². The van der Waals surface area contributed by atoms with Crippen molar-refractivity contribution in [3.05, 3.63) is 34.1 Å². The largest absolute Gasteiger partial charge is 0.469 e. The van der Waals surface area contributed by atoms with E-state index in [0.29, 0.717) is 21.5 Å². The summed E-state index contributed by atoms with van der Waals surface area (Å²) in [5.74, 6) is -0.851. The Morgan fingerprint density at radius 2 is 2.13 bits per heavy atom. The van der Waals surface area contributed by atoms with Gasteiger partial charge >= 0.3 is 5.97 Å². The third-order valence-corrected chi connectivity index (χ3v) is 2.98. The lowest BCUT2D eigenvalue weighted by Gasteiger charge is -2.07. The summed E-state index contributed by atoms with van der Waals surface area (Å²) in [4.78, 5) is 11.0. The van der Waals surface area contributed by atoms with Gasteiger partial charge in [0.25, 0.3) is 0 Å². The van der Waals surface area contributed by atoms with Gasteiger partial charge in [-0.25, -0.2) is 4.39 Å². The zero-order valence-corrected chi connectivity index (χ0v) is 10.4. The van der Waals surface area contributed by atoms with Crippen LogP contribution in [0.15, 0.2) is 12.1 Å². The monoisotopic (exact) mass is 294 g/mol. The zero-order valence-electron chi connectivity index (χ0n) is 8.02. The van der Waals surface area contributed by atoms with E-state index in [-0.39, 0.29) is 6.42 Å². The molecule has 1 aromatic rings. The number of halogens is 3. The SMILES string of the molecule is COC(=O)Cc1cc(F)cc(CBr)c1Cl. The highest BCUT2D eigenvalue weighted by molar-refractivity contribution is 9.08. The average Bonchev–Trinajstić information content (AvgIpc) is 2.22. The van der Waals surface area contributed by atoms with Crippen molar-refractivity contribution in [2.24, 2.45) is 0 Å². The Kier molecular flexibility index (Phi) is 4.54. The molecule has 0 spiro atoms. The summed E-state index contributed by atoms with van der Waals surface area (Å²) >= 11 is 9.17. The molecule has 15 heavy (non-hydrogen) atoms. The highest BCUT2D eigenvalue weighted by atomic mass is 79.9. The molecule has 0 amide bonds. The molecule has 0 radical (unpaired) electrons. The summed E-state index contributed by atoms with van der Waals surface area (Å²) in [6.45, 7) is 0. The molecule has 0 bridgehead atoms. The summed E-state index contributed by atoms with van der Waals surface area (Å²) in [7, 11) is 1.28. The van der Waals surface area contributed by atoms with Gasteiger partial charge in [-0.3, -0.25) is 4.79 Å². The molecule has 0 saturated heterocycles. The molecule has 0 aliphatic heterocycles. The summed E-state index contributed by atoms with van der Waals surface area (Å²) in [6, 6.07) is 2.57. The Labute approximate surface area is 101 Å². The number of ether oxygens (including phenoxy) is 1. The van der Waals surface area contributed by atoms with Crippen molar-refractivity contribution < 1.29 is 13.9 Å². The van der Waals surface area contributed by atoms with E-state index < -0.39 is 11.8 Å². The molecule has 0 N–H and O–H groups in total. The molecule has 5 heteroatoms. The lowest BCUT2D eigenvalue weighted by Crippen LogP contribution is -2.06. The normalized spacial score (nSPS) is 10.1. The second-order valence-corrected chi connectivity index (χ2v) is 3.86. The molecule has 0 fully saturated rings. The third kappa shape index (κ3) is 3.18. The highest BCUT2D eigenvalue weighted by Gasteiger charge is 2.12. The van der Waals surface area contributed by atoms with Gasteiger partial charge in [0, 0.05) is 10.4 Å². The summed E-state index contributed by atoms with van der Waals surface area (Å²) < 4.78 is 17.6. The maximum absolute atomic E-state index is 13.1. The molecule has 0 heterocycles. The van der Waals surface area contributed by atoms with Crippen LogP contribution in [-0.4, -0.2) is 13.1 Å². The van der Waals surface area contributed by atoms with Crippen LogP contribution >= 0.6 is 27.5 Å². The molecule has 0 unspecified atom stereocenters. The average molecular weight is 296 g/mol. The number of benzene rings is 1. The predicted octanol–water partition coefficient (Wildman–Crippen LogP) is 3.09. The van der Waals surface area contributed by atoms with E-state index in [1.807, 2.05) is 0 Å². The van der Waals surface area contributed by atoms with Crippen LogP contribution in [-0.2, 0) is 21.3 Å². The van der Waals surface area contributed by atoms with Crippen molar-refractivity contribution in [3.63, 3.8) is 0 Å². The fraction of sp³-hybridized carbons (Fsp3) is 0.300. The Morgan fingerprint density at radius 1 is 1.53 bits per heavy atom. The quantitative estimate of drug-likeness (QED) is 0.633. The van der Waals surface area contributed by atoms with Gasteiger partial charge in [-0.15, -0.1) is 0 Å². The van der Waals surface area contributed by atoms with E-state index in [1.54, 1.807) is 0 Å². The van der Waals surface area contributed by atoms with Crippen LogP contribution in [0.4, 0.5) is 4.39 Å². The van der Waals surface area contributed by atoms with Gasteiger partial charge in [-0.05, 0) is 23.3 Å². The fourth-order valence-corrected chi connectivity index (χ4v) is 2.01. The van der Waals surface area contributed by atoms with E-state index >= 15 is 0 Å². The molecule has 2 nitrogen and oxygen atoms in total. The number of esters is 1. The van der Waals surface area contributed by atoms with Crippen molar-refractivity contribution in [1.82, 2.24) is 0 Å². The van der Waals surface area contributed by atoms with Crippen molar-refractivity contribution in [2.75, 3.05) is 7.11 Å². The number of carbonyl (C=O) groups is 1. The molecular formula is C10H9BrClFO2. The number of methoxy groups -OCH3 is 1. The lowest BCUT2D eigenvalue weighted by molar-refractivity contribution is -0.139. The maximum Gasteiger partial charge on any atom is 0.310 e. The molecular weight excluding hydrogens is 286 g/mol. The zero-order chi connectivity index (χ0) is 11.4. The van der Waals surface area contributed by atoms with Crippen LogP contribution in [0.2, 0.25) is 5.02 Å². The standard InChI is InChI=1S/C10H9BrClFO2/c1-15-9(14)4-6-2-8(13)3-7(5-11)10(6)12/h2-3H,4-5H2,1H3. The summed E-state index contributed by atoms with van der Waals surface area (Å²) in [5.41, 5.74) is 1.06. The topological polar surface area (TPSA) is 26.3 Å². The first-order valence-corrected chi connectivity index (χ1v) is 5.68. The molecule has 0 aliphatic rings. The Morgan fingerprint density at radius 3 is 2.67 bits per heavy atom. The Balaban J connectivity index is 3.06. The first-order chi connectivity index (χ1) is 7.08. The van der Waals surface area contributed by atoms with Gasteiger partial charge in [-0.1, -0.05) is 27.5 Å². The van der Waals surface area contributed by atoms with Gasteiger partial charge < -0.3 is 4.74 Å². The van der Waals surface area contributed by atoms with Crippen LogP contribution in [0.1, 0.15) is 11.1 Å². The predicted molar refractivity (Wildman–Crippen MR) is 59.8 cm³/mol. The van der Waals surface area contributed by atoms with E-state index in [1.165, 1.54) is 19.2 Å². The molecule has 0 saturated carbocycles. The first kappa shape index (κ1) is 12.5. The van der Waals surface area contributed by atoms with Crippen LogP contribution in [0.25, 0.3) is 0 Å². The number of alkyl halides is 1. The van der Waals surface area contributed by atoms with Gasteiger partial charge in [0.1, 0.15) is 5.82 Å². The lowest BCUT2D eigenvalue weighted by atomic mass is 10.1. The van der Waals surface area contributed by atoms with E-state index in [4.69, 9.17) is 11.6 Å². The van der Waals surface area contributed by atoms with Crippen molar-refractivity contribution >= 4 is 33.5 Å². The van der Waals surface area contributed by atoms with Gasteiger partial charge in [0.15, 0.2) is 0 Å². The van der Waals surface area contributed by atoms with E-state index in [9.17, 15) is 9.18 Å². The smallest absolute Gasteiger partial charge is 0.310 e. The number of carbonyl (C=O) groups excluding carboxylic acids is 1. The summed E-state index contributed by atoms with van der Waals surface area (Å²) in [6.07, 6.45) is -0.0207. The molecule has 0 atom stereocenters. The Bertz CT molecular complexity index is 382. The van der Waals surface area contributed by atoms with Crippen LogP contribution in [0.5, 0.6) is 0 Å². The second kappa shape index (κ2) is 5.47. The van der Waals surface area contributed by atoms with Crippen molar-refractivity contribution in [2.45, 2.75) is 11.8 Å². The maximum atomic E-state index is 13.1. The highest BCUT2D eigenvalue weighted by Crippen LogP contribution is 2.25. The minimum Gasteiger partial charge on any atom is -0.469 e. The molecule has 82 valence electrons. The van der Waals surface area contributed by atoms with Crippen LogP contribution in [0.3, 0.4) is 0 Å². The fourth-order valence-electron chi connectivity index (χ4n) is 1.16. The minimum atomic E-state index is -0.442. The second-order valence-electron chi connectivity index (χ2n) is 2.92. The van der Waals surface area contributed by atoms with E-state index in [0.717, 1.165) is 0 Å². The van der Waals surface area contributed by atoms with E-state index in [2.05, 4.69) is 20.7 Å². The Hall–Kier alpha value is -0.610. The molecule has 1 aromatic carbocycles. The van der Waals surface area contributed by atoms with Crippen molar-refractivity contribution in [1.29, 1.82) is 0 Å². The minimum absolute atomic E-state index is 0.0207. The van der Waals surface area contributed by atoms with Crippen LogP contribution < -0.4 is 0 Å². The number of hydrogen-bond acceptors (Lipinski definition) is 2. The number of hydrogen-bond donors (Lipinski definition) is 0. The van der Waals surface area contributed by atoms with Gasteiger partial charge in [0.2, 0.25) is 0 Å². The number of rotatable bonds is 3. The summed E-state index contributed by atoms with van der Waals surface area (Å²) in [5, 5.41) is 0.844. The van der Waals surface area contributed by atoms with Gasteiger partial charge in [0.05, 0.1) is 13.5 Å². The molecule has 0 aromatic heterocycles. The third-order valence-electron chi connectivity index (χ3n) is 1.89. The van der Waals surface area contributed by atoms with Gasteiger partial charge in [-0.2, -0.15) is 0 Å².